The van der Waals surface area contributed by atoms with Crippen molar-refractivity contribution >= 4 is 5.78 Å². The maximum atomic E-state index is 12.7. The highest BCUT2D eigenvalue weighted by Crippen LogP contribution is 2.32. The topological polar surface area (TPSA) is 47.8 Å². The number of rotatable bonds is 2. The molecule has 2 aromatic rings. The quantitative estimate of drug-likeness (QED) is 0.772. The third-order valence-electron chi connectivity index (χ3n) is 2.42. The van der Waals surface area contributed by atoms with Gasteiger partial charge >= 0.3 is 6.18 Å². The summed E-state index contributed by atoms with van der Waals surface area (Å²) >= 11 is 0. The van der Waals surface area contributed by atoms with Gasteiger partial charge in [0, 0.05) is 19.4 Å². The summed E-state index contributed by atoms with van der Waals surface area (Å²) in [5.41, 5.74) is -1.40. The Morgan fingerprint density at radius 2 is 2.00 bits per heavy atom. The van der Waals surface area contributed by atoms with Crippen molar-refractivity contribution in [2.75, 3.05) is 0 Å². The van der Waals surface area contributed by atoms with Crippen molar-refractivity contribution in [3.8, 4) is 0 Å². The SMILES string of the molecule is Cn1cncc1C(=O)c1cnccc1C(F)(F)F. The molecule has 0 fully saturated rings. The second-order valence-electron chi connectivity index (χ2n) is 3.64. The number of pyridine rings is 1. The fourth-order valence-electron chi connectivity index (χ4n) is 1.54. The van der Waals surface area contributed by atoms with Gasteiger partial charge in [-0.3, -0.25) is 9.78 Å². The molecule has 0 saturated carbocycles. The Morgan fingerprint density at radius 3 is 2.56 bits per heavy atom. The standard InChI is InChI=1S/C11H8F3N3O/c1-17-6-16-5-9(17)10(18)7-4-15-3-2-8(7)11(12,13)14/h2-6H,1H3. The van der Waals surface area contributed by atoms with Crippen LogP contribution in [0.3, 0.4) is 0 Å². The van der Waals surface area contributed by atoms with E-state index in [0.29, 0.717) is 0 Å². The van der Waals surface area contributed by atoms with Crippen molar-refractivity contribution < 1.29 is 18.0 Å². The van der Waals surface area contributed by atoms with Crippen LogP contribution in [0.2, 0.25) is 0 Å². The molecule has 0 unspecified atom stereocenters. The zero-order valence-corrected chi connectivity index (χ0v) is 9.27. The van der Waals surface area contributed by atoms with Crippen LogP contribution in [0.4, 0.5) is 13.2 Å². The molecule has 0 N–H and O–H groups in total. The molecule has 0 aliphatic rings. The predicted octanol–water partition coefficient (Wildman–Crippen LogP) is 2.06. The van der Waals surface area contributed by atoms with Crippen molar-refractivity contribution in [1.82, 2.24) is 14.5 Å². The van der Waals surface area contributed by atoms with E-state index in [-0.39, 0.29) is 5.69 Å². The molecule has 94 valence electrons. The van der Waals surface area contributed by atoms with Crippen LogP contribution < -0.4 is 0 Å². The Balaban J connectivity index is 2.53. The molecule has 4 nitrogen and oxygen atoms in total. The van der Waals surface area contributed by atoms with E-state index >= 15 is 0 Å². The van der Waals surface area contributed by atoms with Gasteiger partial charge in [0.2, 0.25) is 5.78 Å². The van der Waals surface area contributed by atoms with Crippen molar-refractivity contribution in [3.63, 3.8) is 0 Å². The lowest BCUT2D eigenvalue weighted by Gasteiger charge is -2.11. The third-order valence-corrected chi connectivity index (χ3v) is 2.42. The lowest BCUT2D eigenvalue weighted by molar-refractivity contribution is -0.137. The summed E-state index contributed by atoms with van der Waals surface area (Å²) in [4.78, 5) is 19.3. The monoisotopic (exact) mass is 255 g/mol. The smallest absolute Gasteiger partial charge is 0.331 e. The van der Waals surface area contributed by atoms with Crippen LogP contribution in [0.25, 0.3) is 0 Å². The number of aryl methyl sites for hydroxylation is 1. The van der Waals surface area contributed by atoms with Crippen molar-refractivity contribution in [2.45, 2.75) is 6.18 Å². The number of carbonyl (C=O) groups is 1. The lowest BCUT2D eigenvalue weighted by Crippen LogP contribution is -2.15. The summed E-state index contributed by atoms with van der Waals surface area (Å²) in [6, 6.07) is 0.781. The summed E-state index contributed by atoms with van der Waals surface area (Å²) in [5.74, 6) is -0.754. The van der Waals surface area contributed by atoms with Crippen molar-refractivity contribution in [2.24, 2.45) is 7.05 Å². The Bertz CT molecular complexity index is 589. The zero-order valence-electron chi connectivity index (χ0n) is 9.27. The molecule has 0 aliphatic heterocycles. The van der Waals surface area contributed by atoms with E-state index in [4.69, 9.17) is 0 Å². The zero-order chi connectivity index (χ0) is 13.3. The number of alkyl halides is 3. The highest BCUT2D eigenvalue weighted by molar-refractivity contribution is 6.08. The number of carbonyl (C=O) groups excluding carboxylic acids is 1. The first-order valence-electron chi connectivity index (χ1n) is 4.93. The molecule has 2 rings (SSSR count). The molecule has 0 bridgehead atoms. The van der Waals surface area contributed by atoms with E-state index in [9.17, 15) is 18.0 Å². The summed E-state index contributed by atoms with van der Waals surface area (Å²) in [6.45, 7) is 0. The van der Waals surface area contributed by atoms with Crippen LogP contribution in [0.5, 0.6) is 0 Å². The summed E-state index contributed by atoms with van der Waals surface area (Å²) in [5, 5.41) is 0. The number of nitrogens with zero attached hydrogens (tertiary/aromatic N) is 3. The largest absolute Gasteiger partial charge is 0.417 e. The van der Waals surface area contributed by atoms with Crippen molar-refractivity contribution in [1.29, 1.82) is 0 Å². The van der Waals surface area contributed by atoms with Crippen LogP contribution in [-0.2, 0) is 13.2 Å². The maximum Gasteiger partial charge on any atom is 0.417 e. The van der Waals surface area contributed by atoms with Gasteiger partial charge in [-0.05, 0) is 6.07 Å². The first-order chi connectivity index (χ1) is 8.41. The molecular weight excluding hydrogens is 247 g/mol. The molecule has 0 amide bonds. The lowest BCUT2D eigenvalue weighted by atomic mass is 10.0. The Hall–Kier alpha value is -2.18. The fourth-order valence-corrected chi connectivity index (χ4v) is 1.54. The molecule has 0 radical (unpaired) electrons. The van der Waals surface area contributed by atoms with Gasteiger partial charge in [0.25, 0.3) is 0 Å². The molecule has 0 aliphatic carbocycles. The molecule has 0 aromatic carbocycles. The normalized spacial score (nSPS) is 11.6. The minimum atomic E-state index is -4.59. The number of halogens is 3. The van der Waals surface area contributed by atoms with Crippen LogP contribution in [0.1, 0.15) is 21.6 Å². The van der Waals surface area contributed by atoms with Crippen molar-refractivity contribution in [3.05, 3.63) is 47.8 Å². The number of imidazole rings is 1. The molecule has 0 saturated heterocycles. The number of hydrogen-bond acceptors (Lipinski definition) is 3. The molecule has 18 heavy (non-hydrogen) atoms. The highest BCUT2D eigenvalue weighted by atomic mass is 19.4. The Labute approximate surface area is 100 Å². The van der Waals surface area contributed by atoms with E-state index in [1.54, 1.807) is 0 Å². The van der Waals surface area contributed by atoms with Gasteiger partial charge in [0.1, 0.15) is 5.69 Å². The molecule has 0 atom stereocenters. The van der Waals surface area contributed by atoms with E-state index in [1.165, 1.54) is 24.1 Å². The van der Waals surface area contributed by atoms with Gasteiger partial charge in [-0.15, -0.1) is 0 Å². The van der Waals surface area contributed by atoms with E-state index in [0.717, 1.165) is 18.5 Å². The molecular formula is C11H8F3N3O. The first kappa shape index (κ1) is 12.3. The van der Waals surface area contributed by atoms with E-state index in [2.05, 4.69) is 9.97 Å². The number of ketones is 1. The van der Waals surface area contributed by atoms with Gasteiger partial charge in [-0.1, -0.05) is 0 Å². The summed E-state index contributed by atoms with van der Waals surface area (Å²) < 4.78 is 39.6. The average molecular weight is 255 g/mol. The summed E-state index contributed by atoms with van der Waals surface area (Å²) in [7, 11) is 1.53. The molecule has 0 spiro atoms. The maximum absolute atomic E-state index is 12.7. The minimum absolute atomic E-state index is 0.0773. The molecule has 2 aromatic heterocycles. The average Bonchev–Trinajstić information content (AvgIpc) is 2.73. The Morgan fingerprint density at radius 1 is 1.28 bits per heavy atom. The summed E-state index contributed by atoms with van der Waals surface area (Å²) in [6.07, 6.45) is -0.111. The third kappa shape index (κ3) is 2.11. The second-order valence-corrected chi connectivity index (χ2v) is 3.64. The molecule has 2 heterocycles. The van der Waals surface area contributed by atoms with Crippen LogP contribution >= 0.6 is 0 Å². The first-order valence-corrected chi connectivity index (χ1v) is 4.93. The van der Waals surface area contributed by atoms with E-state index < -0.39 is 23.1 Å². The van der Waals surface area contributed by atoms with Gasteiger partial charge < -0.3 is 4.57 Å². The number of aromatic nitrogens is 3. The van der Waals surface area contributed by atoms with Crippen LogP contribution in [0, 0.1) is 0 Å². The van der Waals surface area contributed by atoms with Gasteiger partial charge in [0.05, 0.1) is 23.7 Å². The second kappa shape index (κ2) is 4.25. The predicted molar refractivity (Wildman–Crippen MR) is 55.9 cm³/mol. The highest BCUT2D eigenvalue weighted by Gasteiger charge is 2.35. The van der Waals surface area contributed by atoms with Crippen LogP contribution in [0.15, 0.2) is 31.0 Å². The Kier molecular flexibility index (Phi) is 2.90. The van der Waals surface area contributed by atoms with Crippen LogP contribution in [-0.4, -0.2) is 20.3 Å². The van der Waals surface area contributed by atoms with Gasteiger partial charge in [-0.25, -0.2) is 4.98 Å². The van der Waals surface area contributed by atoms with Gasteiger partial charge in [-0.2, -0.15) is 13.2 Å². The van der Waals surface area contributed by atoms with E-state index in [1.807, 2.05) is 0 Å². The number of hydrogen-bond donors (Lipinski definition) is 0. The fraction of sp³-hybridized carbons (Fsp3) is 0.182. The van der Waals surface area contributed by atoms with Gasteiger partial charge in [0.15, 0.2) is 0 Å². The minimum Gasteiger partial charge on any atom is -0.331 e. The molecule has 7 heteroatoms.